The van der Waals surface area contributed by atoms with Crippen LogP contribution >= 0.6 is 0 Å². The molecule has 126 valence electrons. The lowest BCUT2D eigenvalue weighted by molar-refractivity contribution is -0.141. The molecule has 0 unspecified atom stereocenters. The van der Waals surface area contributed by atoms with E-state index in [1.54, 1.807) is 0 Å². The SMILES string of the molecule is CN1CCN(CCC(=O)N[C@@H](Cc2ccccc2)C(=O)O)CC1. The number of hydrogen-bond acceptors (Lipinski definition) is 4. The van der Waals surface area contributed by atoms with E-state index in [1.165, 1.54) is 0 Å². The number of carboxylic acid groups (broad SMARTS) is 1. The minimum Gasteiger partial charge on any atom is -0.480 e. The van der Waals surface area contributed by atoms with Crippen LogP contribution in [0.4, 0.5) is 0 Å². The first-order valence-corrected chi connectivity index (χ1v) is 8.01. The fourth-order valence-corrected chi connectivity index (χ4v) is 2.65. The van der Waals surface area contributed by atoms with Crippen LogP contribution in [-0.2, 0) is 16.0 Å². The summed E-state index contributed by atoms with van der Waals surface area (Å²) < 4.78 is 0. The molecule has 23 heavy (non-hydrogen) atoms. The summed E-state index contributed by atoms with van der Waals surface area (Å²) in [7, 11) is 2.09. The van der Waals surface area contributed by atoms with Crippen molar-refractivity contribution >= 4 is 11.9 Å². The van der Waals surface area contributed by atoms with E-state index in [4.69, 9.17) is 0 Å². The number of piperazine rings is 1. The Morgan fingerprint density at radius 1 is 1.17 bits per heavy atom. The average Bonchev–Trinajstić information content (AvgIpc) is 2.54. The Kier molecular flexibility index (Phi) is 6.55. The number of aliphatic carboxylic acids is 1. The zero-order chi connectivity index (χ0) is 16.7. The minimum atomic E-state index is -0.998. The van der Waals surface area contributed by atoms with Crippen LogP contribution in [0.25, 0.3) is 0 Å². The van der Waals surface area contributed by atoms with Gasteiger partial charge in [-0.05, 0) is 12.6 Å². The summed E-state index contributed by atoms with van der Waals surface area (Å²) in [4.78, 5) is 27.9. The van der Waals surface area contributed by atoms with Gasteiger partial charge in [0.25, 0.3) is 0 Å². The van der Waals surface area contributed by atoms with Crippen molar-refractivity contribution < 1.29 is 14.7 Å². The second kappa shape index (κ2) is 8.64. The Morgan fingerprint density at radius 2 is 1.83 bits per heavy atom. The van der Waals surface area contributed by atoms with Gasteiger partial charge in [-0.15, -0.1) is 0 Å². The van der Waals surface area contributed by atoms with E-state index in [9.17, 15) is 14.7 Å². The molecular formula is C17H25N3O3. The Bertz CT molecular complexity index is 513. The van der Waals surface area contributed by atoms with Crippen molar-refractivity contribution in [2.45, 2.75) is 18.9 Å². The van der Waals surface area contributed by atoms with Crippen LogP contribution in [0.3, 0.4) is 0 Å². The molecule has 0 aliphatic carbocycles. The highest BCUT2D eigenvalue weighted by Crippen LogP contribution is 2.05. The van der Waals surface area contributed by atoms with Crippen molar-refractivity contribution in [3.8, 4) is 0 Å². The number of amides is 1. The maximum Gasteiger partial charge on any atom is 0.326 e. The topological polar surface area (TPSA) is 72.9 Å². The monoisotopic (exact) mass is 319 g/mol. The van der Waals surface area contributed by atoms with Gasteiger partial charge < -0.3 is 20.2 Å². The number of likely N-dealkylation sites (N-methyl/N-ethyl adjacent to an activating group) is 1. The summed E-state index contributed by atoms with van der Waals surface area (Å²) in [5, 5.41) is 11.9. The third kappa shape index (κ3) is 6.00. The van der Waals surface area contributed by atoms with Gasteiger partial charge in [-0.2, -0.15) is 0 Å². The second-order valence-corrected chi connectivity index (χ2v) is 6.04. The van der Waals surface area contributed by atoms with Crippen molar-refractivity contribution in [1.82, 2.24) is 15.1 Å². The zero-order valence-electron chi connectivity index (χ0n) is 13.6. The maximum absolute atomic E-state index is 12.0. The number of nitrogens with zero attached hydrogens (tertiary/aromatic N) is 2. The van der Waals surface area contributed by atoms with Crippen LogP contribution in [0.1, 0.15) is 12.0 Å². The maximum atomic E-state index is 12.0. The molecule has 2 rings (SSSR count). The van der Waals surface area contributed by atoms with Crippen molar-refractivity contribution in [2.24, 2.45) is 0 Å². The number of rotatable bonds is 7. The first-order chi connectivity index (χ1) is 11.0. The number of hydrogen-bond donors (Lipinski definition) is 2. The molecule has 0 saturated carbocycles. The lowest BCUT2D eigenvalue weighted by atomic mass is 10.1. The van der Waals surface area contributed by atoms with Gasteiger partial charge in [0, 0.05) is 45.6 Å². The molecule has 1 amide bonds. The van der Waals surface area contributed by atoms with E-state index >= 15 is 0 Å². The first-order valence-electron chi connectivity index (χ1n) is 8.01. The van der Waals surface area contributed by atoms with E-state index in [2.05, 4.69) is 22.2 Å². The van der Waals surface area contributed by atoms with Gasteiger partial charge in [0.2, 0.25) is 5.91 Å². The molecule has 2 N–H and O–H groups in total. The van der Waals surface area contributed by atoms with E-state index in [1.807, 2.05) is 30.3 Å². The fraction of sp³-hybridized carbons (Fsp3) is 0.529. The van der Waals surface area contributed by atoms with E-state index in [-0.39, 0.29) is 5.91 Å². The number of nitrogens with one attached hydrogen (secondary N) is 1. The van der Waals surface area contributed by atoms with Gasteiger partial charge in [-0.25, -0.2) is 4.79 Å². The molecular weight excluding hydrogens is 294 g/mol. The molecule has 1 aromatic carbocycles. The number of carboxylic acids is 1. The highest BCUT2D eigenvalue weighted by atomic mass is 16.4. The zero-order valence-corrected chi connectivity index (χ0v) is 13.6. The summed E-state index contributed by atoms with van der Waals surface area (Å²) >= 11 is 0. The van der Waals surface area contributed by atoms with Crippen LogP contribution in [0, 0.1) is 0 Å². The van der Waals surface area contributed by atoms with Crippen LogP contribution in [-0.4, -0.2) is 72.6 Å². The summed E-state index contributed by atoms with van der Waals surface area (Å²) in [6.45, 7) is 4.60. The van der Waals surface area contributed by atoms with Gasteiger partial charge in [-0.3, -0.25) is 4.79 Å². The van der Waals surface area contributed by atoms with Gasteiger partial charge in [0.15, 0.2) is 0 Å². The van der Waals surface area contributed by atoms with Crippen molar-refractivity contribution in [3.63, 3.8) is 0 Å². The highest BCUT2D eigenvalue weighted by molar-refractivity contribution is 5.83. The smallest absolute Gasteiger partial charge is 0.326 e. The first kappa shape index (κ1) is 17.4. The molecule has 1 fully saturated rings. The lowest BCUT2D eigenvalue weighted by Crippen LogP contribution is -2.47. The minimum absolute atomic E-state index is 0.202. The Labute approximate surface area is 137 Å². The Morgan fingerprint density at radius 3 is 2.43 bits per heavy atom. The number of benzene rings is 1. The lowest BCUT2D eigenvalue weighted by Gasteiger charge is -2.32. The third-order valence-corrected chi connectivity index (χ3v) is 4.17. The third-order valence-electron chi connectivity index (χ3n) is 4.17. The number of carbonyl (C=O) groups excluding carboxylic acids is 1. The summed E-state index contributed by atoms with van der Waals surface area (Å²) in [6, 6.07) is 8.47. The standard InChI is InChI=1S/C17H25N3O3/c1-19-9-11-20(12-10-19)8-7-16(21)18-15(17(22)23)13-14-5-3-2-4-6-14/h2-6,15H,7-13H2,1H3,(H,18,21)(H,22,23)/t15-/m0/s1. The molecule has 0 spiro atoms. The molecule has 1 atom stereocenters. The quantitative estimate of drug-likeness (QED) is 0.763. The molecule has 6 heteroatoms. The van der Waals surface area contributed by atoms with E-state index in [0.717, 1.165) is 31.7 Å². The van der Waals surface area contributed by atoms with Gasteiger partial charge in [0.1, 0.15) is 6.04 Å². The second-order valence-electron chi connectivity index (χ2n) is 6.04. The van der Waals surface area contributed by atoms with Crippen molar-refractivity contribution in [1.29, 1.82) is 0 Å². The normalized spacial score (nSPS) is 17.6. The average molecular weight is 319 g/mol. The summed E-state index contributed by atoms with van der Waals surface area (Å²) in [5.41, 5.74) is 0.902. The fourth-order valence-electron chi connectivity index (χ4n) is 2.65. The Balaban J connectivity index is 1.78. The van der Waals surface area contributed by atoms with Crippen molar-refractivity contribution in [3.05, 3.63) is 35.9 Å². The molecule has 0 aromatic heterocycles. The molecule has 1 saturated heterocycles. The molecule has 1 heterocycles. The van der Waals surface area contributed by atoms with E-state index < -0.39 is 12.0 Å². The van der Waals surface area contributed by atoms with E-state index in [0.29, 0.717) is 19.4 Å². The Hall–Kier alpha value is -1.92. The molecule has 1 aromatic rings. The molecule has 0 bridgehead atoms. The van der Waals surface area contributed by atoms with Crippen LogP contribution in [0.15, 0.2) is 30.3 Å². The molecule has 0 radical (unpaired) electrons. The highest BCUT2D eigenvalue weighted by Gasteiger charge is 2.21. The van der Waals surface area contributed by atoms with Gasteiger partial charge >= 0.3 is 5.97 Å². The largest absolute Gasteiger partial charge is 0.480 e. The van der Waals surface area contributed by atoms with Gasteiger partial charge in [-0.1, -0.05) is 30.3 Å². The van der Waals surface area contributed by atoms with Crippen LogP contribution in [0.5, 0.6) is 0 Å². The molecule has 6 nitrogen and oxygen atoms in total. The number of carbonyl (C=O) groups is 2. The molecule has 1 aliphatic rings. The predicted octanol–water partition coefficient (Wildman–Crippen LogP) is 0.436. The predicted molar refractivity (Wildman–Crippen MR) is 88.3 cm³/mol. The van der Waals surface area contributed by atoms with Crippen molar-refractivity contribution in [2.75, 3.05) is 39.8 Å². The van der Waals surface area contributed by atoms with Gasteiger partial charge in [0.05, 0.1) is 0 Å². The molecule has 1 aliphatic heterocycles. The van der Waals surface area contributed by atoms with Crippen LogP contribution in [0.2, 0.25) is 0 Å². The van der Waals surface area contributed by atoms with Crippen LogP contribution < -0.4 is 5.32 Å². The summed E-state index contributed by atoms with van der Waals surface area (Å²) in [5.74, 6) is -1.20. The summed E-state index contributed by atoms with van der Waals surface area (Å²) in [6.07, 6.45) is 0.638.